The maximum atomic E-state index is 11.2. The van der Waals surface area contributed by atoms with Gasteiger partial charge >= 0.3 is 5.97 Å². The maximum absolute atomic E-state index is 11.2. The molecule has 0 saturated carbocycles. The molecule has 0 N–H and O–H groups in total. The molecule has 1 fully saturated rings. The van der Waals surface area contributed by atoms with Crippen LogP contribution in [-0.4, -0.2) is 44.3 Å². The van der Waals surface area contributed by atoms with Crippen molar-refractivity contribution < 1.29 is 23.7 Å². The first-order valence-electron chi connectivity index (χ1n) is 8.93. The van der Waals surface area contributed by atoms with E-state index in [-0.39, 0.29) is 17.7 Å². The number of carbonyl (C=O) groups excluding carboxylic acids is 1. The average Bonchev–Trinajstić information content (AvgIpc) is 2.88. The van der Waals surface area contributed by atoms with Gasteiger partial charge in [0, 0.05) is 26.4 Å². The fourth-order valence-electron chi connectivity index (χ4n) is 2.57. The highest BCUT2D eigenvalue weighted by Crippen LogP contribution is 2.32. The summed E-state index contributed by atoms with van der Waals surface area (Å²) in [6.07, 6.45) is 8.08. The van der Waals surface area contributed by atoms with E-state index in [9.17, 15) is 4.79 Å². The standard InChI is InChI=1S/C21H32O5/c1-17(11-9-12-18(23-5)13-14-19(22)24-6)10-7-8-15-21(4)16-25-20(2,3)26-21/h9,11-12,18H,10,13-16H2,1-6H3/b12-9-,17-11+/t18-,21+/m1/s1. The second-order valence-electron chi connectivity index (χ2n) is 7.23. The lowest BCUT2D eigenvalue weighted by molar-refractivity contribution is -0.156. The zero-order valence-corrected chi connectivity index (χ0v) is 16.9. The van der Waals surface area contributed by atoms with Crippen molar-refractivity contribution in [2.24, 2.45) is 0 Å². The highest BCUT2D eigenvalue weighted by molar-refractivity contribution is 5.69. The van der Waals surface area contributed by atoms with Crippen LogP contribution in [0.4, 0.5) is 0 Å². The predicted octanol–water partition coefficient (Wildman–Crippen LogP) is 3.78. The van der Waals surface area contributed by atoms with Gasteiger partial charge in [0.05, 0.1) is 19.8 Å². The van der Waals surface area contributed by atoms with Crippen molar-refractivity contribution in [3.63, 3.8) is 0 Å². The van der Waals surface area contributed by atoms with Gasteiger partial charge in [-0.05, 0) is 34.1 Å². The van der Waals surface area contributed by atoms with Gasteiger partial charge in [0.15, 0.2) is 5.79 Å². The molecule has 0 aromatic carbocycles. The third-order valence-electron chi connectivity index (χ3n) is 4.04. The minimum absolute atomic E-state index is 0.105. The molecule has 0 unspecified atom stereocenters. The SMILES string of the molecule is COC(=O)CC[C@@H](/C=C\C=C(/C)CC#CC[C@@]1(C)COC(C)(C)O1)OC. The van der Waals surface area contributed by atoms with Crippen LogP contribution < -0.4 is 0 Å². The molecule has 0 aromatic rings. The van der Waals surface area contributed by atoms with E-state index < -0.39 is 5.79 Å². The van der Waals surface area contributed by atoms with Crippen molar-refractivity contribution in [2.75, 3.05) is 20.8 Å². The molecule has 1 aliphatic heterocycles. The number of rotatable bonds is 8. The Balaban J connectivity index is 2.40. The summed E-state index contributed by atoms with van der Waals surface area (Å²) in [5.41, 5.74) is 0.824. The smallest absolute Gasteiger partial charge is 0.305 e. The van der Waals surface area contributed by atoms with Gasteiger partial charge < -0.3 is 18.9 Å². The first kappa shape index (κ1) is 22.4. The summed E-state index contributed by atoms with van der Waals surface area (Å²) in [7, 11) is 3.02. The van der Waals surface area contributed by atoms with E-state index in [1.807, 2.05) is 45.9 Å². The summed E-state index contributed by atoms with van der Waals surface area (Å²) in [5.74, 6) is 5.62. The van der Waals surface area contributed by atoms with Crippen LogP contribution in [-0.2, 0) is 23.7 Å². The van der Waals surface area contributed by atoms with Crippen molar-refractivity contribution >= 4 is 5.97 Å². The summed E-state index contributed by atoms with van der Waals surface area (Å²) in [6.45, 7) is 8.47. The molecule has 5 nitrogen and oxygen atoms in total. The van der Waals surface area contributed by atoms with Gasteiger partial charge in [0.25, 0.3) is 0 Å². The zero-order chi connectivity index (χ0) is 19.6. The summed E-state index contributed by atoms with van der Waals surface area (Å²) < 4.78 is 21.5. The van der Waals surface area contributed by atoms with Gasteiger partial charge in [0.1, 0.15) is 5.60 Å². The number of esters is 1. The van der Waals surface area contributed by atoms with Crippen molar-refractivity contribution in [3.8, 4) is 11.8 Å². The van der Waals surface area contributed by atoms with Gasteiger partial charge in [0.2, 0.25) is 0 Å². The number of carbonyl (C=O) groups is 1. The Bertz CT molecular complexity index is 579. The van der Waals surface area contributed by atoms with Gasteiger partial charge in [-0.15, -0.1) is 0 Å². The largest absolute Gasteiger partial charge is 0.469 e. The third kappa shape index (κ3) is 8.66. The lowest BCUT2D eigenvalue weighted by Gasteiger charge is -2.22. The Morgan fingerprint density at radius 3 is 2.58 bits per heavy atom. The highest BCUT2D eigenvalue weighted by atomic mass is 16.7. The normalized spacial score (nSPS) is 23.5. The molecule has 1 rings (SSSR count). The molecule has 0 bridgehead atoms. The minimum atomic E-state index is -0.525. The summed E-state index contributed by atoms with van der Waals surface area (Å²) in [6, 6.07) is 0. The van der Waals surface area contributed by atoms with Crippen LogP contribution in [0.5, 0.6) is 0 Å². The molecule has 146 valence electrons. The van der Waals surface area contributed by atoms with Crippen LogP contribution in [0.1, 0.15) is 53.4 Å². The Hall–Kier alpha value is -1.61. The topological polar surface area (TPSA) is 54.0 Å². The number of methoxy groups -OCH3 is 2. The van der Waals surface area contributed by atoms with Gasteiger partial charge in [-0.1, -0.05) is 35.6 Å². The van der Waals surface area contributed by atoms with Crippen LogP contribution in [0, 0.1) is 11.8 Å². The molecule has 1 saturated heterocycles. The average molecular weight is 364 g/mol. The van der Waals surface area contributed by atoms with E-state index in [4.69, 9.17) is 14.2 Å². The molecule has 5 heteroatoms. The van der Waals surface area contributed by atoms with Crippen molar-refractivity contribution in [2.45, 2.75) is 70.9 Å². The Kier molecular flexibility index (Phi) is 9.07. The molecule has 26 heavy (non-hydrogen) atoms. The molecule has 0 radical (unpaired) electrons. The van der Waals surface area contributed by atoms with Crippen LogP contribution >= 0.6 is 0 Å². The lowest BCUT2D eigenvalue weighted by Crippen LogP contribution is -2.30. The maximum Gasteiger partial charge on any atom is 0.305 e. The van der Waals surface area contributed by atoms with E-state index in [2.05, 4.69) is 16.6 Å². The lowest BCUT2D eigenvalue weighted by atomic mass is 10.0. The Labute approximate surface area is 157 Å². The van der Waals surface area contributed by atoms with Crippen LogP contribution in [0.15, 0.2) is 23.8 Å². The fourth-order valence-corrected chi connectivity index (χ4v) is 2.57. The number of allylic oxidation sites excluding steroid dienone is 3. The zero-order valence-electron chi connectivity index (χ0n) is 16.9. The first-order chi connectivity index (χ1) is 12.2. The summed E-state index contributed by atoms with van der Waals surface area (Å²) >= 11 is 0. The molecule has 0 spiro atoms. The molecular weight excluding hydrogens is 332 g/mol. The van der Waals surface area contributed by atoms with Crippen molar-refractivity contribution in [3.05, 3.63) is 23.8 Å². The molecule has 2 atom stereocenters. The van der Waals surface area contributed by atoms with E-state index in [0.717, 1.165) is 5.57 Å². The van der Waals surface area contributed by atoms with E-state index in [0.29, 0.717) is 32.3 Å². The molecule has 0 aliphatic carbocycles. The van der Waals surface area contributed by atoms with E-state index in [1.165, 1.54) is 7.11 Å². The Morgan fingerprint density at radius 2 is 2.00 bits per heavy atom. The molecule has 0 aromatic heterocycles. The fraction of sp³-hybridized carbons (Fsp3) is 0.667. The van der Waals surface area contributed by atoms with E-state index in [1.54, 1.807) is 7.11 Å². The van der Waals surface area contributed by atoms with Crippen LogP contribution in [0.3, 0.4) is 0 Å². The van der Waals surface area contributed by atoms with Gasteiger partial charge in [-0.2, -0.15) is 0 Å². The van der Waals surface area contributed by atoms with Gasteiger partial charge in [-0.3, -0.25) is 4.79 Å². The summed E-state index contributed by atoms with van der Waals surface area (Å²) in [5, 5.41) is 0. The monoisotopic (exact) mass is 364 g/mol. The van der Waals surface area contributed by atoms with Crippen LogP contribution in [0.25, 0.3) is 0 Å². The van der Waals surface area contributed by atoms with Gasteiger partial charge in [-0.25, -0.2) is 0 Å². The van der Waals surface area contributed by atoms with Crippen molar-refractivity contribution in [1.82, 2.24) is 0 Å². The molecule has 1 heterocycles. The predicted molar refractivity (Wildman–Crippen MR) is 101 cm³/mol. The summed E-state index contributed by atoms with van der Waals surface area (Å²) in [4.78, 5) is 11.2. The minimum Gasteiger partial charge on any atom is -0.469 e. The second-order valence-corrected chi connectivity index (χ2v) is 7.23. The first-order valence-corrected chi connectivity index (χ1v) is 8.93. The number of hydrogen-bond donors (Lipinski definition) is 0. The highest BCUT2D eigenvalue weighted by Gasteiger charge is 2.41. The molecule has 1 aliphatic rings. The van der Waals surface area contributed by atoms with Crippen LogP contribution in [0.2, 0.25) is 0 Å². The number of ether oxygens (including phenoxy) is 4. The molecule has 0 amide bonds. The van der Waals surface area contributed by atoms with Crippen molar-refractivity contribution in [1.29, 1.82) is 0 Å². The quantitative estimate of drug-likeness (QED) is 0.373. The molecular formula is C21H32O5. The Morgan fingerprint density at radius 1 is 1.27 bits per heavy atom. The van der Waals surface area contributed by atoms with E-state index >= 15 is 0 Å². The number of hydrogen-bond acceptors (Lipinski definition) is 5. The second kappa shape index (κ2) is 10.5. The third-order valence-corrected chi connectivity index (χ3v) is 4.04.